The van der Waals surface area contributed by atoms with Gasteiger partial charge in [0.2, 0.25) is 0 Å². The summed E-state index contributed by atoms with van der Waals surface area (Å²) in [5.74, 6) is 0.920. The Kier molecular flexibility index (Phi) is 5.88. The molecule has 1 saturated heterocycles. The van der Waals surface area contributed by atoms with Crippen LogP contribution in [0.15, 0.2) is 0 Å². The predicted octanol–water partition coefficient (Wildman–Crippen LogP) is 2.90. The lowest BCUT2D eigenvalue weighted by Gasteiger charge is -2.44. The van der Waals surface area contributed by atoms with Crippen molar-refractivity contribution in [1.82, 2.24) is 10.2 Å². The van der Waals surface area contributed by atoms with Crippen LogP contribution < -0.4 is 5.32 Å². The molecule has 0 radical (unpaired) electrons. The van der Waals surface area contributed by atoms with E-state index in [9.17, 15) is 0 Å². The van der Waals surface area contributed by atoms with E-state index < -0.39 is 0 Å². The number of rotatable bonds is 6. The van der Waals surface area contributed by atoms with Crippen molar-refractivity contribution in [3.05, 3.63) is 0 Å². The number of hydrogen-bond acceptors (Lipinski definition) is 3. The van der Waals surface area contributed by atoms with Gasteiger partial charge in [0, 0.05) is 25.7 Å². The summed E-state index contributed by atoms with van der Waals surface area (Å²) in [5.41, 5.74) is 0.486. The van der Waals surface area contributed by atoms with Gasteiger partial charge in [-0.25, -0.2) is 0 Å². The molecule has 118 valence electrons. The van der Waals surface area contributed by atoms with Crippen LogP contribution in [-0.4, -0.2) is 50.3 Å². The highest BCUT2D eigenvalue weighted by Crippen LogP contribution is 2.39. The number of nitrogens with one attached hydrogen (secondary N) is 1. The monoisotopic (exact) mass is 282 g/mol. The van der Waals surface area contributed by atoms with Gasteiger partial charge in [0.1, 0.15) is 0 Å². The van der Waals surface area contributed by atoms with Gasteiger partial charge in [0.15, 0.2) is 0 Å². The molecule has 0 spiro atoms. The first-order valence-corrected chi connectivity index (χ1v) is 8.59. The summed E-state index contributed by atoms with van der Waals surface area (Å²) in [6.07, 6.45) is 7.16. The number of nitrogens with zero attached hydrogens (tertiary/aromatic N) is 1. The molecule has 2 atom stereocenters. The number of ether oxygens (including phenoxy) is 1. The lowest BCUT2D eigenvalue weighted by Crippen LogP contribution is -2.49. The van der Waals surface area contributed by atoms with Gasteiger partial charge in [0.05, 0.1) is 6.10 Å². The van der Waals surface area contributed by atoms with Gasteiger partial charge in [-0.2, -0.15) is 0 Å². The predicted molar refractivity (Wildman–Crippen MR) is 85.1 cm³/mol. The Morgan fingerprint density at radius 3 is 2.45 bits per heavy atom. The van der Waals surface area contributed by atoms with Crippen LogP contribution in [0.2, 0.25) is 0 Å². The molecular formula is C17H34N2O. The van der Waals surface area contributed by atoms with Crippen molar-refractivity contribution >= 4 is 0 Å². The van der Waals surface area contributed by atoms with Crippen molar-refractivity contribution in [3.63, 3.8) is 0 Å². The highest BCUT2D eigenvalue weighted by atomic mass is 16.5. The molecule has 3 nitrogen and oxygen atoms in total. The van der Waals surface area contributed by atoms with Crippen LogP contribution in [0.25, 0.3) is 0 Å². The Balaban J connectivity index is 1.96. The Bertz CT molecular complexity index is 281. The molecule has 3 heteroatoms. The minimum Gasteiger partial charge on any atom is -0.377 e. The van der Waals surface area contributed by atoms with Crippen LogP contribution in [-0.2, 0) is 4.74 Å². The van der Waals surface area contributed by atoms with E-state index in [1.807, 2.05) is 0 Å². The molecule has 0 aromatic rings. The van der Waals surface area contributed by atoms with Gasteiger partial charge in [-0.3, -0.25) is 0 Å². The van der Waals surface area contributed by atoms with E-state index in [1.54, 1.807) is 0 Å². The minimum absolute atomic E-state index is 0.402. The molecule has 0 bridgehead atoms. The van der Waals surface area contributed by atoms with Crippen LogP contribution in [0, 0.1) is 11.3 Å². The van der Waals surface area contributed by atoms with Crippen LogP contribution in [0.4, 0.5) is 0 Å². The first-order chi connectivity index (χ1) is 9.56. The molecule has 2 unspecified atom stereocenters. The Hall–Kier alpha value is -0.120. The van der Waals surface area contributed by atoms with Crippen LogP contribution in [0.1, 0.15) is 52.9 Å². The van der Waals surface area contributed by atoms with E-state index in [4.69, 9.17) is 4.74 Å². The fraction of sp³-hybridized carbons (Fsp3) is 1.00. The molecule has 1 saturated carbocycles. The molecule has 2 rings (SSSR count). The lowest BCUT2D eigenvalue weighted by atomic mass is 9.70. The Labute approximate surface area is 125 Å². The summed E-state index contributed by atoms with van der Waals surface area (Å²) >= 11 is 0. The normalized spacial score (nSPS) is 38.5. The average Bonchev–Trinajstić information content (AvgIpc) is 2.86. The van der Waals surface area contributed by atoms with Crippen LogP contribution >= 0.6 is 0 Å². The van der Waals surface area contributed by atoms with Gasteiger partial charge in [-0.1, -0.05) is 26.7 Å². The van der Waals surface area contributed by atoms with Gasteiger partial charge < -0.3 is 15.0 Å². The maximum atomic E-state index is 5.75. The molecule has 1 heterocycles. The van der Waals surface area contributed by atoms with Crippen molar-refractivity contribution in [1.29, 1.82) is 0 Å². The highest BCUT2D eigenvalue weighted by Gasteiger charge is 2.38. The molecule has 2 fully saturated rings. The molecule has 1 aliphatic carbocycles. The Morgan fingerprint density at radius 2 is 1.90 bits per heavy atom. The second-order valence-corrected chi connectivity index (χ2v) is 7.31. The van der Waals surface area contributed by atoms with Crippen molar-refractivity contribution in [3.8, 4) is 0 Å². The van der Waals surface area contributed by atoms with Crippen LogP contribution in [0.5, 0.6) is 0 Å². The van der Waals surface area contributed by atoms with Crippen LogP contribution in [0.3, 0.4) is 0 Å². The zero-order valence-electron chi connectivity index (χ0n) is 14.0. The first-order valence-electron chi connectivity index (χ1n) is 8.59. The van der Waals surface area contributed by atoms with Gasteiger partial charge in [0.25, 0.3) is 0 Å². The van der Waals surface area contributed by atoms with Crippen molar-refractivity contribution in [2.45, 2.75) is 65.0 Å². The fourth-order valence-electron chi connectivity index (χ4n) is 4.10. The van der Waals surface area contributed by atoms with E-state index in [-0.39, 0.29) is 0 Å². The molecule has 0 aromatic heterocycles. The van der Waals surface area contributed by atoms with E-state index in [1.165, 1.54) is 45.2 Å². The summed E-state index contributed by atoms with van der Waals surface area (Å²) in [5, 5.41) is 3.62. The van der Waals surface area contributed by atoms with Gasteiger partial charge >= 0.3 is 0 Å². The molecular weight excluding hydrogens is 248 g/mol. The highest BCUT2D eigenvalue weighted by molar-refractivity contribution is 4.91. The maximum Gasteiger partial charge on any atom is 0.0702 e. The largest absolute Gasteiger partial charge is 0.377 e. The molecule has 1 aliphatic heterocycles. The van der Waals surface area contributed by atoms with E-state index >= 15 is 0 Å². The van der Waals surface area contributed by atoms with Gasteiger partial charge in [-0.05, 0) is 51.1 Å². The average molecular weight is 282 g/mol. The summed E-state index contributed by atoms with van der Waals surface area (Å²) in [6, 6.07) is 0.618. The molecule has 20 heavy (non-hydrogen) atoms. The zero-order chi connectivity index (χ0) is 14.6. The molecule has 0 amide bonds. The smallest absolute Gasteiger partial charge is 0.0702 e. The van der Waals surface area contributed by atoms with E-state index in [2.05, 4.69) is 38.0 Å². The molecule has 0 aromatic carbocycles. The Morgan fingerprint density at radius 1 is 1.20 bits per heavy atom. The van der Waals surface area contributed by atoms with Crippen molar-refractivity contribution < 1.29 is 4.74 Å². The SMILES string of the molecule is CCNCC1(CN(C)C2CCOC2C)CCC(C)CC1. The third kappa shape index (κ3) is 3.96. The number of likely N-dealkylation sites (N-methyl/N-ethyl adjacent to an activating group) is 1. The maximum absolute atomic E-state index is 5.75. The summed E-state index contributed by atoms with van der Waals surface area (Å²) < 4.78 is 5.75. The first kappa shape index (κ1) is 16.3. The van der Waals surface area contributed by atoms with E-state index in [0.29, 0.717) is 17.6 Å². The quantitative estimate of drug-likeness (QED) is 0.811. The second kappa shape index (κ2) is 7.24. The van der Waals surface area contributed by atoms with E-state index in [0.717, 1.165) is 19.1 Å². The third-order valence-electron chi connectivity index (χ3n) is 5.57. The standard InChI is InChI=1S/C17H34N2O/c1-5-18-12-17(9-6-14(2)7-10-17)13-19(4)16-8-11-20-15(16)3/h14-16,18H,5-13H2,1-4H3. The lowest BCUT2D eigenvalue weighted by molar-refractivity contribution is 0.0446. The summed E-state index contributed by atoms with van der Waals surface area (Å²) in [4.78, 5) is 2.59. The second-order valence-electron chi connectivity index (χ2n) is 7.31. The third-order valence-corrected chi connectivity index (χ3v) is 5.57. The molecule has 1 N–H and O–H groups in total. The molecule has 2 aliphatic rings. The zero-order valence-corrected chi connectivity index (χ0v) is 14.0. The van der Waals surface area contributed by atoms with Crippen molar-refractivity contribution in [2.24, 2.45) is 11.3 Å². The number of hydrogen-bond donors (Lipinski definition) is 1. The van der Waals surface area contributed by atoms with Gasteiger partial charge in [-0.15, -0.1) is 0 Å². The fourth-order valence-corrected chi connectivity index (χ4v) is 4.10. The van der Waals surface area contributed by atoms with Crippen molar-refractivity contribution in [2.75, 3.05) is 33.3 Å². The summed E-state index contributed by atoms with van der Waals surface area (Å²) in [7, 11) is 2.31. The topological polar surface area (TPSA) is 24.5 Å². The minimum atomic E-state index is 0.402. The summed E-state index contributed by atoms with van der Waals surface area (Å²) in [6.45, 7) is 11.3.